The van der Waals surface area contributed by atoms with E-state index in [0.717, 1.165) is 0 Å². The van der Waals surface area contributed by atoms with E-state index in [9.17, 15) is 14.3 Å². The molecule has 1 heterocycles. The number of hydrogen-bond donors (Lipinski definition) is 2. The van der Waals surface area contributed by atoms with Crippen molar-refractivity contribution >= 4 is 13.3 Å². The third-order valence-corrected chi connectivity index (χ3v) is 4.20. The molecule has 0 aliphatic rings. The van der Waals surface area contributed by atoms with Crippen molar-refractivity contribution in [3.05, 3.63) is 30.1 Å². The Kier molecular flexibility index (Phi) is 9.13. The van der Waals surface area contributed by atoms with Crippen LogP contribution in [0.3, 0.4) is 0 Å². The summed E-state index contributed by atoms with van der Waals surface area (Å²) < 4.78 is 12.0. The fourth-order valence-corrected chi connectivity index (χ4v) is 3.35. The fraction of sp³-hybridized carbons (Fsp3) is 0.571. The van der Waals surface area contributed by atoms with Crippen LogP contribution in [0, 0.1) is 0 Å². The van der Waals surface area contributed by atoms with Gasteiger partial charge in [0.05, 0.1) is 6.54 Å². The molecule has 1 rings (SSSR count). The molecule has 0 radical (unpaired) electrons. The van der Waals surface area contributed by atoms with Crippen molar-refractivity contribution in [3.63, 3.8) is 0 Å². The molecule has 1 aromatic rings. The van der Waals surface area contributed by atoms with Crippen molar-refractivity contribution in [3.8, 4) is 0 Å². The van der Waals surface area contributed by atoms with E-state index < -0.39 is 19.1 Å². The summed E-state index contributed by atoms with van der Waals surface area (Å²) in [5, 5.41) is 9.49. The Morgan fingerprint density at radius 2 is 1.95 bits per heavy atom. The van der Waals surface area contributed by atoms with E-state index in [1.807, 2.05) is 0 Å². The molecule has 0 aromatic carbocycles. The second kappa shape index (κ2) is 9.69. The minimum Gasteiger partial charge on any atom is -0.343 e. The highest BCUT2D eigenvalue weighted by atomic mass is 31.2. The number of carbonyl (C=O) groups is 1. The summed E-state index contributed by atoms with van der Waals surface area (Å²) in [4.78, 5) is 26.7. The summed E-state index contributed by atoms with van der Waals surface area (Å²) in [5.41, 5.74) is 0.548. The topological polar surface area (TPSA) is 94.0 Å². The first-order valence-electron chi connectivity index (χ1n) is 7.00. The largest absolute Gasteiger partial charge is 0.343 e. The molecule has 0 bridgehead atoms. The first kappa shape index (κ1) is 20.7. The molecule has 2 N–H and O–H groups in total. The first-order chi connectivity index (χ1) is 10.1. The number of aromatic nitrogens is 1. The SMILES string of the molecule is CCC.CN(O)C(=O)CN(C)C(c1cccnc1)P(C)(=O)O. The minimum atomic E-state index is -3.51. The van der Waals surface area contributed by atoms with Gasteiger partial charge in [-0.25, -0.2) is 5.06 Å². The van der Waals surface area contributed by atoms with Gasteiger partial charge in [-0.1, -0.05) is 26.3 Å². The van der Waals surface area contributed by atoms with Crippen LogP contribution < -0.4 is 0 Å². The molecule has 22 heavy (non-hydrogen) atoms. The minimum absolute atomic E-state index is 0.176. The predicted molar refractivity (Wildman–Crippen MR) is 85.9 cm³/mol. The van der Waals surface area contributed by atoms with Gasteiger partial charge in [0.2, 0.25) is 7.37 Å². The van der Waals surface area contributed by atoms with Gasteiger partial charge in [-0.2, -0.15) is 0 Å². The molecular formula is C14H26N3O4P. The van der Waals surface area contributed by atoms with Gasteiger partial charge in [0.25, 0.3) is 5.91 Å². The monoisotopic (exact) mass is 331 g/mol. The van der Waals surface area contributed by atoms with Crippen LogP contribution in [0.5, 0.6) is 0 Å². The van der Waals surface area contributed by atoms with E-state index in [0.29, 0.717) is 10.6 Å². The molecule has 0 spiro atoms. The van der Waals surface area contributed by atoms with Crippen LogP contribution in [0.25, 0.3) is 0 Å². The van der Waals surface area contributed by atoms with Crippen molar-refractivity contribution in [2.24, 2.45) is 0 Å². The number of likely N-dealkylation sites (N-methyl/N-ethyl adjacent to an activating group) is 2. The molecule has 8 heteroatoms. The lowest BCUT2D eigenvalue weighted by Gasteiger charge is -2.29. The Labute approximate surface area is 132 Å². The van der Waals surface area contributed by atoms with Crippen LogP contribution in [0.2, 0.25) is 0 Å². The maximum atomic E-state index is 12.0. The maximum absolute atomic E-state index is 12.0. The fourth-order valence-electron chi connectivity index (χ4n) is 1.83. The molecule has 7 nitrogen and oxygen atoms in total. The highest BCUT2D eigenvalue weighted by molar-refractivity contribution is 7.57. The lowest BCUT2D eigenvalue weighted by atomic mass is 10.2. The van der Waals surface area contributed by atoms with Gasteiger partial charge in [0, 0.05) is 26.1 Å². The van der Waals surface area contributed by atoms with E-state index in [-0.39, 0.29) is 6.54 Å². The summed E-state index contributed by atoms with van der Waals surface area (Å²) in [6.07, 6.45) is 4.30. The predicted octanol–water partition coefficient (Wildman–Crippen LogP) is 2.18. The van der Waals surface area contributed by atoms with Crippen molar-refractivity contribution in [2.75, 3.05) is 27.3 Å². The molecular weight excluding hydrogens is 305 g/mol. The van der Waals surface area contributed by atoms with Gasteiger partial charge in [-0.05, 0) is 18.7 Å². The lowest BCUT2D eigenvalue weighted by Crippen LogP contribution is -2.36. The average molecular weight is 331 g/mol. The van der Waals surface area contributed by atoms with Crippen LogP contribution in [-0.2, 0) is 9.36 Å². The molecule has 0 aliphatic heterocycles. The number of carbonyl (C=O) groups excluding carboxylic acids is 1. The smallest absolute Gasteiger partial charge is 0.259 e. The molecule has 1 aromatic heterocycles. The quantitative estimate of drug-likeness (QED) is 0.488. The Hall–Kier alpha value is -1.27. The zero-order valence-electron chi connectivity index (χ0n) is 13.8. The van der Waals surface area contributed by atoms with Gasteiger partial charge < -0.3 is 4.89 Å². The van der Waals surface area contributed by atoms with E-state index in [1.54, 1.807) is 25.4 Å². The molecule has 0 saturated carbocycles. The molecule has 1 amide bonds. The number of hydrogen-bond acceptors (Lipinski definition) is 5. The summed E-state index contributed by atoms with van der Waals surface area (Å²) in [6.45, 7) is 5.30. The highest BCUT2D eigenvalue weighted by Crippen LogP contribution is 2.53. The van der Waals surface area contributed by atoms with Gasteiger partial charge in [-0.15, -0.1) is 0 Å². The number of amides is 1. The normalized spacial score (nSPS) is 14.5. The third-order valence-electron chi connectivity index (χ3n) is 2.60. The molecule has 126 valence electrons. The van der Waals surface area contributed by atoms with E-state index >= 15 is 0 Å². The first-order valence-corrected chi connectivity index (χ1v) is 9.18. The van der Waals surface area contributed by atoms with Gasteiger partial charge >= 0.3 is 0 Å². The van der Waals surface area contributed by atoms with Crippen molar-refractivity contribution in [1.82, 2.24) is 14.9 Å². The van der Waals surface area contributed by atoms with Crippen LogP contribution >= 0.6 is 7.37 Å². The van der Waals surface area contributed by atoms with Gasteiger partial charge in [-0.3, -0.25) is 24.5 Å². The standard InChI is InChI=1S/C11H18N3O4P.C3H8/c1-13(8-10(15)14(2)16)11(19(3,17)18)9-5-4-6-12-7-9;1-3-2/h4-7,11,16H,8H2,1-3H3,(H,17,18);3H2,1-2H3. The summed E-state index contributed by atoms with van der Waals surface area (Å²) in [7, 11) is -0.752. The zero-order chi connectivity index (χ0) is 17.3. The zero-order valence-corrected chi connectivity index (χ0v) is 14.7. The Morgan fingerprint density at radius 1 is 1.41 bits per heavy atom. The second-order valence-corrected chi connectivity index (χ2v) is 7.52. The van der Waals surface area contributed by atoms with E-state index in [2.05, 4.69) is 18.8 Å². The average Bonchev–Trinajstić information content (AvgIpc) is 2.39. The van der Waals surface area contributed by atoms with Gasteiger partial charge in [0.15, 0.2) is 0 Å². The third kappa shape index (κ3) is 7.13. The Morgan fingerprint density at radius 3 is 2.32 bits per heavy atom. The second-order valence-electron chi connectivity index (χ2n) is 5.14. The molecule has 0 fully saturated rings. The van der Waals surface area contributed by atoms with E-state index in [4.69, 9.17) is 5.21 Å². The number of rotatable bonds is 5. The van der Waals surface area contributed by atoms with Crippen LogP contribution in [0.15, 0.2) is 24.5 Å². The number of pyridine rings is 1. The van der Waals surface area contributed by atoms with Crippen molar-refractivity contribution < 1.29 is 19.5 Å². The van der Waals surface area contributed by atoms with Gasteiger partial charge in [0.1, 0.15) is 5.78 Å². The van der Waals surface area contributed by atoms with Crippen LogP contribution in [0.1, 0.15) is 31.6 Å². The number of hydroxylamine groups is 2. The molecule has 0 aliphatic carbocycles. The molecule has 2 atom stereocenters. The Balaban J connectivity index is 0.00000135. The molecule has 2 unspecified atom stereocenters. The highest BCUT2D eigenvalue weighted by Gasteiger charge is 2.32. The molecule has 0 saturated heterocycles. The summed E-state index contributed by atoms with van der Waals surface area (Å²) in [5.74, 6) is -1.41. The lowest BCUT2D eigenvalue weighted by molar-refractivity contribution is -0.160. The van der Waals surface area contributed by atoms with Crippen LogP contribution in [-0.4, -0.2) is 58.3 Å². The maximum Gasteiger partial charge on any atom is 0.259 e. The van der Waals surface area contributed by atoms with Crippen molar-refractivity contribution in [1.29, 1.82) is 0 Å². The summed E-state index contributed by atoms with van der Waals surface area (Å²) >= 11 is 0. The van der Waals surface area contributed by atoms with E-state index in [1.165, 1.54) is 31.2 Å². The van der Waals surface area contributed by atoms with Crippen LogP contribution in [0.4, 0.5) is 0 Å². The summed E-state index contributed by atoms with van der Waals surface area (Å²) in [6, 6.07) is 3.33. The van der Waals surface area contributed by atoms with Crippen molar-refractivity contribution in [2.45, 2.75) is 26.1 Å². The number of nitrogens with zero attached hydrogens (tertiary/aromatic N) is 3. The Bertz CT molecular complexity index is 490.